The van der Waals surface area contributed by atoms with Crippen LogP contribution in [0.4, 0.5) is 4.39 Å². The maximum Gasteiger partial charge on any atom is 0.142 e. The molecular weight excluding hydrogens is 305 g/mol. The van der Waals surface area contributed by atoms with Crippen molar-refractivity contribution in [3.8, 4) is 0 Å². The maximum atomic E-state index is 14.0. The predicted molar refractivity (Wildman–Crippen MR) is 73.0 cm³/mol. The second-order valence-electron chi connectivity index (χ2n) is 3.89. The van der Waals surface area contributed by atoms with E-state index >= 15 is 0 Å². The molecule has 2 unspecified atom stereocenters. The van der Waals surface area contributed by atoms with Crippen LogP contribution in [-0.2, 0) is 4.74 Å². The number of benzene rings is 1. The summed E-state index contributed by atoms with van der Waals surface area (Å²) >= 11 is 5.07. The lowest BCUT2D eigenvalue weighted by Crippen LogP contribution is -2.37. The highest BCUT2D eigenvalue weighted by Crippen LogP contribution is 2.29. The van der Waals surface area contributed by atoms with Crippen LogP contribution in [0.1, 0.15) is 11.6 Å². The molecule has 2 nitrogen and oxygen atoms in total. The van der Waals surface area contributed by atoms with E-state index in [0.717, 1.165) is 18.1 Å². The minimum atomic E-state index is -0.203. The Hall–Kier alpha value is -0.100. The fourth-order valence-corrected chi connectivity index (χ4v) is 3.28. The smallest absolute Gasteiger partial charge is 0.142 e. The maximum absolute atomic E-state index is 14.0. The van der Waals surface area contributed by atoms with Gasteiger partial charge in [0.15, 0.2) is 0 Å². The molecule has 0 saturated carbocycles. The van der Waals surface area contributed by atoms with E-state index in [-0.39, 0.29) is 18.0 Å². The zero-order valence-corrected chi connectivity index (χ0v) is 12.0. The van der Waals surface area contributed by atoms with E-state index in [1.165, 1.54) is 0 Å². The number of halogens is 2. The number of nitrogens with one attached hydrogen (secondary N) is 1. The van der Waals surface area contributed by atoms with Crippen LogP contribution in [0.5, 0.6) is 0 Å². The third-order valence-electron chi connectivity index (χ3n) is 2.84. The van der Waals surface area contributed by atoms with E-state index in [4.69, 9.17) is 4.74 Å². The van der Waals surface area contributed by atoms with Gasteiger partial charge in [-0.3, -0.25) is 0 Å². The van der Waals surface area contributed by atoms with Crippen LogP contribution in [0.2, 0.25) is 0 Å². The van der Waals surface area contributed by atoms with Gasteiger partial charge in [-0.05, 0) is 29.0 Å². The molecule has 0 bridgehead atoms. The first-order valence-electron chi connectivity index (χ1n) is 5.54. The zero-order valence-electron chi connectivity index (χ0n) is 9.58. The van der Waals surface area contributed by atoms with Gasteiger partial charge in [-0.15, -0.1) is 0 Å². The minimum Gasteiger partial charge on any atom is -0.375 e. The van der Waals surface area contributed by atoms with Crippen molar-refractivity contribution in [2.24, 2.45) is 0 Å². The first-order valence-corrected chi connectivity index (χ1v) is 7.49. The van der Waals surface area contributed by atoms with Crippen molar-refractivity contribution in [2.45, 2.75) is 12.1 Å². The monoisotopic (exact) mass is 319 g/mol. The summed E-state index contributed by atoms with van der Waals surface area (Å²) < 4.78 is 20.3. The Kier molecular flexibility index (Phi) is 4.85. The van der Waals surface area contributed by atoms with Gasteiger partial charge in [-0.1, -0.05) is 12.1 Å². The van der Waals surface area contributed by atoms with E-state index in [9.17, 15) is 4.39 Å². The first kappa shape index (κ1) is 13.3. The summed E-state index contributed by atoms with van der Waals surface area (Å²) in [5.41, 5.74) is 0.661. The molecule has 0 radical (unpaired) electrons. The summed E-state index contributed by atoms with van der Waals surface area (Å²) in [5.74, 6) is 1.72. The lowest BCUT2D eigenvalue weighted by molar-refractivity contribution is 0.0479. The number of thioether (sulfide) groups is 1. The number of hydrogen-bond acceptors (Lipinski definition) is 3. The molecule has 1 aromatic rings. The molecule has 1 fully saturated rings. The second kappa shape index (κ2) is 6.18. The molecular formula is C12H15BrFNOS. The lowest BCUT2D eigenvalue weighted by atomic mass is 10.0. The molecule has 17 heavy (non-hydrogen) atoms. The normalized spacial score (nSPS) is 22.4. The van der Waals surface area contributed by atoms with Crippen LogP contribution in [0.3, 0.4) is 0 Å². The van der Waals surface area contributed by atoms with Gasteiger partial charge >= 0.3 is 0 Å². The van der Waals surface area contributed by atoms with Gasteiger partial charge in [0.25, 0.3) is 0 Å². The van der Waals surface area contributed by atoms with E-state index < -0.39 is 0 Å². The second-order valence-corrected chi connectivity index (χ2v) is 5.90. The van der Waals surface area contributed by atoms with Crippen LogP contribution in [-0.4, -0.2) is 31.3 Å². The Morgan fingerprint density at radius 1 is 1.59 bits per heavy atom. The molecule has 2 atom stereocenters. The van der Waals surface area contributed by atoms with Crippen molar-refractivity contribution in [1.29, 1.82) is 0 Å². The average molecular weight is 320 g/mol. The van der Waals surface area contributed by atoms with Crippen LogP contribution >= 0.6 is 27.7 Å². The zero-order chi connectivity index (χ0) is 12.3. The molecule has 1 aromatic carbocycles. The van der Waals surface area contributed by atoms with E-state index in [1.54, 1.807) is 6.07 Å². The van der Waals surface area contributed by atoms with Gasteiger partial charge in [0, 0.05) is 17.1 Å². The third kappa shape index (κ3) is 3.02. The van der Waals surface area contributed by atoms with Gasteiger partial charge in [-0.2, -0.15) is 11.8 Å². The van der Waals surface area contributed by atoms with Crippen LogP contribution in [0.25, 0.3) is 0 Å². The molecule has 1 N–H and O–H groups in total. The molecule has 0 amide bonds. The summed E-state index contributed by atoms with van der Waals surface area (Å²) in [6, 6.07) is 5.27. The molecule has 1 aliphatic rings. The minimum absolute atomic E-state index is 0.0301. The Morgan fingerprint density at radius 2 is 2.41 bits per heavy atom. The van der Waals surface area contributed by atoms with Crippen molar-refractivity contribution < 1.29 is 9.13 Å². The summed E-state index contributed by atoms with van der Waals surface area (Å²) in [6.45, 7) is 0.739. The summed E-state index contributed by atoms with van der Waals surface area (Å²) in [7, 11) is 1.84. The van der Waals surface area contributed by atoms with Crippen LogP contribution < -0.4 is 5.32 Å². The number of ether oxygens (including phenoxy) is 1. The quantitative estimate of drug-likeness (QED) is 0.925. The number of likely N-dealkylation sites (N-methyl/N-ethyl adjacent to an activating group) is 1. The Balaban J connectivity index is 2.24. The Morgan fingerprint density at radius 3 is 3.06 bits per heavy atom. The predicted octanol–water partition coefficient (Wildman–Crippen LogP) is 2.98. The standard InChI is InChI=1S/C12H15BrFNOS/c1-15-12(10-7-17-6-5-16-10)8-3-2-4-9(13)11(8)14/h2-4,10,12,15H,5-7H2,1H3. The van der Waals surface area contributed by atoms with Gasteiger partial charge in [0.1, 0.15) is 5.82 Å². The van der Waals surface area contributed by atoms with Crippen molar-refractivity contribution in [3.63, 3.8) is 0 Å². The Bertz CT molecular complexity index is 385. The third-order valence-corrected chi connectivity index (χ3v) is 4.47. The number of rotatable bonds is 3. The van der Waals surface area contributed by atoms with Gasteiger partial charge in [0.05, 0.1) is 23.2 Å². The summed E-state index contributed by atoms with van der Waals surface area (Å²) in [6.07, 6.45) is 0.0301. The van der Waals surface area contributed by atoms with Crippen molar-refractivity contribution in [3.05, 3.63) is 34.1 Å². The molecule has 0 spiro atoms. The van der Waals surface area contributed by atoms with Crippen molar-refractivity contribution >= 4 is 27.7 Å². The molecule has 0 aromatic heterocycles. The molecule has 0 aliphatic carbocycles. The summed E-state index contributed by atoms with van der Waals surface area (Å²) in [5, 5.41) is 3.16. The fraction of sp³-hybridized carbons (Fsp3) is 0.500. The lowest BCUT2D eigenvalue weighted by Gasteiger charge is -2.30. The molecule has 5 heteroatoms. The van der Waals surface area contributed by atoms with Gasteiger partial charge in [-0.25, -0.2) is 4.39 Å². The van der Waals surface area contributed by atoms with Gasteiger partial charge in [0.2, 0.25) is 0 Å². The fourth-order valence-electron chi connectivity index (χ4n) is 2.00. The Labute approximate surface area is 113 Å². The molecule has 1 saturated heterocycles. The largest absolute Gasteiger partial charge is 0.375 e. The molecule has 1 aliphatic heterocycles. The van der Waals surface area contributed by atoms with E-state index in [1.807, 2.05) is 30.9 Å². The van der Waals surface area contributed by atoms with Crippen LogP contribution in [0, 0.1) is 5.82 Å². The highest BCUT2D eigenvalue weighted by molar-refractivity contribution is 9.10. The van der Waals surface area contributed by atoms with E-state index in [0.29, 0.717) is 10.0 Å². The molecule has 2 rings (SSSR count). The van der Waals surface area contributed by atoms with Crippen molar-refractivity contribution in [2.75, 3.05) is 25.2 Å². The number of hydrogen-bond donors (Lipinski definition) is 1. The highest BCUT2D eigenvalue weighted by Gasteiger charge is 2.27. The highest BCUT2D eigenvalue weighted by atomic mass is 79.9. The van der Waals surface area contributed by atoms with Crippen molar-refractivity contribution in [1.82, 2.24) is 5.32 Å². The average Bonchev–Trinajstić information content (AvgIpc) is 2.37. The van der Waals surface area contributed by atoms with E-state index in [2.05, 4.69) is 21.2 Å². The summed E-state index contributed by atoms with van der Waals surface area (Å²) in [4.78, 5) is 0. The molecule has 94 valence electrons. The van der Waals surface area contributed by atoms with Gasteiger partial charge < -0.3 is 10.1 Å². The van der Waals surface area contributed by atoms with Crippen LogP contribution in [0.15, 0.2) is 22.7 Å². The SMILES string of the molecule is CNC(c1cccc(Br)c1F)C1CSCCO1. The topological polar surface area (TPSA) is 21.3 Å². The molecule has 1 heterocycles. The first-order chi connectivity index (χ1) is 8.24.